The number of amides is 2. The van der Waals surface area contributed by atoms with Crippen molar-refractivity contribution in [2.24, 2.45) is 0 Å². The fraction of sp³-hybridized carbons (Fsp3) is 0.467. The minimum atomic E-state index is -0.0964. The van der Waals surface area contributed by atoms with Crippen LogP contribution in [0.4, 0.5) is 0 Å². The van der Waals surface area contributed by atoms with Gasteiger partial charge in [-0.3, -0.25) is 9.59 Å². The summed E-state index contributed by atoms with van der Waals surface area (Å²) in [6.07, 6.45) is 0.330. The Bertz CT molecular complexity index is 498. The molecule has 5 heteroatoms. The second-order valence-electron chi connectivity index (χ2n) is 4.76. The van der Waals surface area contributed by atoms with E-state index < -0.39 is 0 Å². The summed E-state index contributed by atoms with van der Waals surface area (Å²) in [5, 5.41) is 5.41. The molecule has 0 aliphatic carbocycles. The van der Waals surface area contributed by atoms with Gasteiger partial charge in [0.05, 0.1) is 13.5 Å². The standard InChI is InChI=1S/C15H22N2O3/c1-10-8-14(20-4)11(2)7-13(10)9-15(19)17-6-5-16-12(3)18/h7-8H,5-6,9H2,1-4H3,(H,16,18)(H,17,19). The summed E-state index contributed by atoms with van der Waals surface area (Å²) < 4.78 is 5.25. The van der Waals surface area contributed by atoms with E-state index in [0.29, 0.717) is 19.5 Å². The van der Waals surface area contributed by atoms with Gasteiger partial charge in [0.2, 0.25) is 11.8 Å². The smallest absolute Gasteiger partial charge is 0.224 e. The number of rotatable bonds is 6. The third-order valence-corrected chi connectivity index (χ3v) is 3.03. The fourth-order valence-electron chi connectivity index (χ4n) is 1.94. The number of benzene rings is 1. The highest BCUT2D eigenvalue weighted by Crippen LogP contribution is 2.22. The molecule has 0 fully saturated rings. The highest BCUT2D eigenvalue weighted by molar-refractivity contribution is 5.79. The number of ether oxygens (including phenoxy) is 1. The van der Waals surface area contributed by atoms with Crippen LogP contribution < -0.4 is 15.4 Å². The summed E-state index contributed by atoms with van der Waals surface area (Å²) in [5.41, 5.74) is 3.03. The van der Waals surface area contributed by atoms with E-state index in [4.69, 9.17) is 4.74 Å². The van der Waals surface area contributed by atoms with Crippen LogP contribution >= 0.6 is 0 Å². The van der Waals surface area contributed by atoms with Crippen molar-refractivity contribution in [1.82, 2.24) is 10.6 Å². The molecule has 0 radical (unpaired) electrons. The van der Waals surface area contributed by atoms with Crippen LogP contribution in [0.3, 0.4) is 0 Å². The predicted molar refractivity (Wildman–Crippen MR) is 77.9 cm³/mol. The average Bonchev–Trinajstić information content (AvgIpc) is 2.38. The molecule has 110 valence electrons. The van der Waals surface area contributed by atoms with Gasteiger partial charge in [-0.1, -0.05) is 6.07 Å². The number of aryl methyl sites for hydroxylation is 2. The Morgan fingerprint density at radius 1 is 1.10 bits per heavy atom. The maximum atomic E-state index is 11.8. The van der Waals surface area contributed by atoms with Crippen LogP contribution in [0.15, 0.2) is 12.1 Å². The summed E-state index contributed by atoms with van der Waals surface area (Å²) in [5.74, 6) is 0.682. The van der Waals surface area contributed by atoms with E-state index in [1.807, 2.05) is 26.0 Å². The van der Waals surface area contributed by atoms with Crippen LogP contribution in [-0.2, 0) is 16.0 Å². The lowest BCUT2D eigenvalue weighted by Gasteiger charge is -2.11. The maximum Gasteiger partial charge on any atom is 0.224 e. The van der Waals surface area contributed by atoms with Gasteiger partial charge < -0.3 is 15.4 Å². The third kappa shape index (κ3) is 4.91. The largest absolute Gasteiger partial charge is 0.496 e. The van der Waals surface area contributed by atoms with Gasteiger partial charge in [0.15, 0.2) is 0 Å². The van der Waals surface area contributed by atoms with Crippen molar-refractivity contribution in [3.05, 3.63) is 28.8 Å². The molecule has 0 bridgehead atoms. The van der Waals surface area contributed by atoms with Gasteiger partial charge in [0.1, 0.15) is 5.75 Å². The van der Waals surface area contributed by atoms with Gasteiger partial charge >= 0.3 is 0 Å². The Hall–Kier alpha value is -2.04. The summed E-state index contributed by atoms with van der Waals surface area (Å²) in [6, 6.07) is 3.91. The highest BCUT2D eigenvalue weighted by atomic mass is 16.5. The first-order chi connectivity index (χ1) is 9.43. The molecule has 1 rings (SSSR count). The minimum absolute atomic E-state index is 0.0528. The molecule has 0 spiro atoms. The van der Waals surface area contributed by atoms with E-state index in [1.54, 1.807) is 7.11 Å². The Morgan fingerprint density at radius 2 is 1.75 bits per heavy atom. The van der Waals surface area contributed by atoms with Crippen LogP contribution in [0.5, 0.6) is 5.75 Å². The average molecular weight is 278 g/mol. The topological polar surface area (TPSA) is 67.4 Å². The zero-order valence-electron chi connectivity index (χ0n) is 12.5. The van der Waals surface area contributed by atoms with Gasteiger partial charge in [0, 0.05) is 20.0 Å². The number of carbonyl (C=O) groups excluding carboxylic acids is 2. The SMILES string of the molecule is COc1cc(C)c(CC(=O)NCCNC(C)=O)cc1C. The van der Waals surface area contributed by atoms with Crippen molar-refractivity contribution >= 4 is 11.8 Å². The Kier molecular flexibility index (Phi) is 6.03. The lowest BCUT2D eigenvalue weighted by atomic mass is 10.0. The zero-order valence-corrected chi connectivity index (χ0v) is 12.5. The van der Waals surface area contributed by atoms with Gasteiger partial charge in [0.25, 0.3) is 0 Å². The van der Waals surface area contributed by atoms with E-state index in [2.05, 4.69) is 10.6 Å². The van der Waals surface area contributed by atoms with Crippen molar-refractivity contribution in [2.75, 3.05) is 20.2 Å². The molecule has 0 atom stereocenters. The summed E-state index contributed by atoms with van der Waals surface area (Å²) in [4.78, 5) is 22.5. The Labute approximate surface area is 119 Å². The monoisotopic (exact) mass is 278 g/mol. The molecular weight excluding hydrogens is 256 g/mol. The van der Waals surface area contributed by atoms with Gasteiger partial charge in [-0.15, -0.1) is 0 Å². The second kappa shape index (κ2) is 7.53. The van der Waals surface area contributed by atoms with Crippen LogP contribution in [0.2, 0.25) is 0 Å². The van der Waals surface area contributed by atoms with Crippen LogP contribution in [-0.4, -0.2) is 32.0 Å². The van der Waals surface area contributed by atoms with Crippen LogP contribution in [0, 0.1) is 13.8 Å². The Balaban J connectivity index is 2.53. The summed E-state index contributed by atoms with van der Waals surface area (Å²) in [6.45, 7) is 6.25. The molecule has 5 nitrogen and oxygen atoms in total. The predicted octanol–water partition coefficient (Wildman–Crippen LogP) is 1.11. The molecule has 1 aromatic carbocycles. The minimum Gasteiger partial charge on any atom is -0.496 e. The van der Waals surface area contributed by atoms with Crippen molar-refractivity contribution in [2.45, 2.75) is 27.2 Å². The van der Waals surface area contributed by atoms with E-state index >= 15 is 0 Å². The van der Waals surface area contributed by atoms with Crippen molar-refractivity contribution in [3.8, 4) is 5.75 Å². The lowest BCUT2D eigenvalue weighted by Crippen LogP contribution is -2.34. The van der Waals surface area contributed by atoms with E-state index in [-0.39, 0.29) is 11.8 Å². The van der Waals surface area contributed by atoms with Gasteiger partial charge in [-0.05, 0) is 36.6 Å². The number of methoxy groups -OCH3 is 1. The molecule has 0 aliphatic heterocycles. The first-order valence-electron chi connectivity index (χ1n) is 6.59. The summed E-state index contributed by atoms with van der Waals surface area (Å²) >= 11 is 0. The molecule has 0 aliphatic rings. The Morgan fingerprint density at radius 3 is 2.35 bits per heavy atom. The first-order valence-corrected chi connectivity index (χ1v) is 6.59. The summed E-state index contributed by atoms with van der Waals surface area (Å²) in [7, 11) is 1.64. The van der Waals surface area contributed by atoms with E-state index in [9.17, 15) is 9.59 Å². The van der Waals surface area contributed by atoms with Crippen molar-refractivity contribution < 1.29 is 14.3 Å². The highest BCUT2D eigenvalue weighted by Gasteiger charge is 2.09. The molecule has 0 aromatic heterocycles. The molecular formula is C15H22N2O3. The molecule has 2 N–H and O–H groups in total. The fourth-order valence-corrected chi connectivity index (χ4v) is 1.94. The number of hydrogen-bond donors (Lipinski definition) is 2. The maximum absolute atomic E-state index is 11.8. The van der Waals surface area contributed by atoms with Gasteiger partial charge in [-0.25, -0.2) is 0 Å². The molecule has 1 aromatic rings. The number of nitrogens with one attached hydrogen (secondary N) is 2. The molecule has 0 saturated heterocycles. The number of carbonyl (C=O) groups is 2. The van der Waals surface area contributed by atoms with E-state index in [1.165, 1.54) is 6.92 Å². The first kappa shape index (κ1) is 16.0. The molecule has 0 unspecified atom stereocenters. The number of hydrogen-bond acceptors (Lipinski definition) is 3. The quantitative estimate of drug-likeness (QED) is 0.766. The molecule has 20 heavy (non-hydrogen) atoms. The van der Waals surface area contributed by atoms with Gasteiger partial charge in [-0.2, -0.15) is 0 Å². The molecule has 0 heterocycles. The lowest BCUT2D eigenvalue weighted by molar-refractivity contribution is -0.121. The van der Waals surface area contributed by atoms with E-state index in [0.717, 1.165) is 22.4 Å². The molecule has 2 amide bonds. The van der Waals surface area contributed by atoms with Crippen molar-refractivity contribution in [1.29, 1.82) is 0 Å². The van der Waals surface area contributed by atoms with Crippen LogP contribution in [0.1, 0.15) is 23.6 Å². The third-order valence-electron chi connectivity index (χ3n) is 3.03. The second-order valence-corrected chi connectivity index (χ2v) is 4.76. The zero-order chi connectivity index (χ0) is 15.1. The molecule has 0 saturated carbocycles. The van der Waals surface area contributed by atoms with Crippen molar-refractivity contribution in [3.63, 3.8) is 0 Å². The van der Waals surface area contributed by atoms with Crippen LogP contribution in [0.25, 0.3) is 0 Å². The normalized spacial score (nSPS) is 10.0.